The Balaban J connectivity index is 1.35. The molecule has 0 radical (unpaired) electrons. The summed E-state index contributed by atoms with van der Waals surface area (Å²) in [7, 11) is 1.56. The Labute approximate surface area is 205 Å². The number of nitrogens with one attached hydrogen (secondary N) is 1. The predicted octanol–water partition coefficient (Wildman–Crippen LogP) is 5.55. The number of halogens is 1. The van der Waals surface area contributed by atoms with Gasteiger partial charge in [-0.05, 0) is 48.6 Å². The lowest BCUT2D eigenvalue weighted by Gasteiger charge is -2.30. The zero-order chi connectivity index (χ0) is 24.3. The minimum atomic E-state index is -0.123. The van der Waals surface area contributed by atoms with Crippen LogP contribution in [0, 0.1) is 5.92 Å². The number of ether oxygens (including phenoxy) is 1. The minimum Gasteiger partial charge on any atom is -0.495 e. The third-order valence-corrected chi connectivity index (χ3v) is 6.43. The molecule has 7 nitrogen and oxygen atoms in total. The van der Waals surface area contributed by atoms with Gasteiger partial charge in [-0.15, -0.1) is 0 Å². The number of aromatic nitrogens is 2. The standard InChI is InChI=1S/C26H31ClN4O3/c1-26(2,3)19-9-7-17(8-10-19)24-29-23(34-30-24)16-31-13-5-6-18(15-31)25(32)28-20-11-12-22(33-4)21(27)14-20/h7-12,14,18H,5-6,13,15-16H2,1-4H3,(H,28,32). The lowest BCUT2D eigenvalue weighted by atomic mass is 9.87. The molecule has 180 valence electrons. The molecule has 1 amide bonds. The van der Waals surface area contributed by atoms with E-state index in [1.807, 2.05) is 12.1 Å². The van der Waals surface area contributed by atoms with E-state index >= 15 is 0 Å². The van der Waals surface area contributed by atoms with Gasteiger partial charge in [-0.2, -0.15) is 4.98 Å². The number of methoxy groups -OCH3 is 1. The molecule has 1 fully saturated rings. The number of likely N-dealkylation sites (tertiary alicyclic amines) is 1. The van der Waals surface area contributed by atoms with Crippen molar-refractivity contribution < 1.29 is 14.1 Å². The first-order chi connectivity index (χ1) is 16.2. The molecule has 1 saturated heterocycles. The van der Waals surface area contributed by atoms with E-state index < -0.39 is 0 Å². The SMILES string of the molecule is COc1ccc(NC(=O)C2CCCN(Cc3nc(-c4ccc(C(C)(C)C)cc4)no3)C2)cc1Cl. The summed E-state index contributed by atoms with van der Waals surface area (Å²) in [5.74, 6) is 1.57. The third kappa shape index (κ3) is 5.77. The zero-order valence-corrected chi connectivity index (χ0v) is 20.9. The topological polar surface area (TPSA) is 80.5 Å². The van der Waals surface area contributed by atoms with E-state index in [0.717, 1.165) is 24.9 Å². The maximum atomic E-state index is 12.9. The molecule has 0 saturated carbocycles. The van der Waals surface area contributed by atoms with Crippen LogP contribution in [0.4, 0.5) is 5.69 Å². The number of nitrogens with zero attached hydrogens (tertiary/aromatic N) is 3. The number of amides is 1. The number of hydrogen-bond acceptors (Lipinski definition) is 6. The van der Waals surface area contributed by atoms with Crippen LogP contribution in [0.3, 0.4) is 0 Å². The predicted molar refractivity (Wildman–Crippen MR) is 133 cm³/mol. The first kappa shape index (κ1) is 24.2. The fraction of sp³-hybridized carbons (Fsp3) is 0.423. The highest BCUT2D eigenvalue weighted by molar-refractivity contribution is 6.32. The van der Waals surface area contributed by atoms with E-state index in [0.29, 0.717) is 41.3 Å². The van der Waals surface area contributed by atoms with Gasteiger partial charge in [0.2, 0.25) is 17.6 Å². The molecule has 0 spiro atoms. The summed E-state index contributed by atoms with van der Waals surface area (Å²) in [6.07, 6.45) is 1.76. The van der Waals surface area contributed by atoms with Crippen molar-refractivity contribution in [2.75, 3.05) is 25.5 Å². The summed E-state index contributed by atoms with van der Waals surface area (Å²) < 4.78 is 10.7. The van der Waals surface area contributed by atoms with E-state index in [-0.39, 0.29) is 17.2 Å². The van der Waals surface area contributed by atoms with Crippen LogP contribution in [0.5, 0.6) is 5.75 Å². The number of benzene rings is 2. The van der Waals surface area contributed by atoms with Crippen molar-refractivity contribution in [1.82, 2.24) is 15.0 Å². The van der Waals surface area contributed by atoms with Crippen molar-refractivity contribution in [2.45, 2.75) is 45.6 Å². The first-order valence-electron chi connectivity index (χ1n) is 11.5. The number of anilines is 1. The lowest BCUT2D eigenvalue weighted by molar-refractivity contribution is -0.121. The number of piperidine rings is 1. The van der Waals surface area contributed by atoms with E-state index in [2.05, 4.69) is 53.3 Å². The van der Waals surface area contributed by atoms with Crippen molar-refractivity contribution in [1.29, 1.82) is 0 Å². The normalized spacial score (nSPS) is 16.9. The second-order valence-electron chi connectivity index (χ2n) is 9.75. The van der Waals surface area contributed by atoms with Gasteiger partial charge >= 0.3 is 0 Å². The molecule has 34 heavy (non-hydrogen) atoms. The van der Waals surface area contributed by atoms with Gasteiger partial charge < -0.3 is 14.6 Å². The minimum absolute atomic E-state index is 0.0175. The van der Waals surface area contributed by atoms with E-state index in [4.69, 9.17) is 20.9 Å². The van der Waals surface area contributed by atoms with Crippen LogP contribution in [0.2, 0.25) is 5.02 Å². The van der Waals surface area contributed by atoms with Crippen LogP contribution >= 0.6 is 11.6 Å². The highest BCUT2D eigenvalue weighted by atomic mass is 35.5. The fourth-order valence-corrected chi connectivity index (χ4v) is 4.41. The molecule has 1 aromatic heterocycles. The van der Waals surface area contributed by atoms with Gasteiger partial charge in [-0.1, -0.05) is 61.8 Å². The maximum absolute atomic E-state index is 12.9. The average Bonchev–Trinajstić information content (AvgIpc) is 3.27. The molecule has 1 aliphatic heterocycles. The van der Waals surface area contributed by atoms with E-state index in [1.54, 1.807) is 25.3 Å². The third-order valence-electron chi connectivity index (χ3n) is 6.13. The summed E-state index contributed by atoms with van der Waals surface area (Å²) in [5.41, 5.74) is 2.94. The summed E-state index contributed by atoms with van der Waals surface area (Å²) in [6.45, 7) is 8.60. The number of carbonyl (C=O) groups excluding carboxylic acids is 1. The van der Waals surface area contributed by atoms with Crippen molar-refractivity contribution >= 4 is 23.2 Å². The first-order valence-corrected chi connectivity index (χ1v) is 11.9. The van der Waals surface area contributed by atoms with Gasteiger partial charge in [0.1, 0.15) is 5.75 Å². The molecule has 3 aromatic rings. The van der Waals surface area contributed by atoms with Crippen LogP contribution in [-0.2, 0) is 16.8 Å². The molecule has 1 unspecified atom stereocenters. The highest BCUT2D eigenvalue weighted by Gasteiger charge is 2.27. The Kier molecular flexibility index (Phi) is 7.24. The van der Waals surface area contributed by atoms with Gasteiger partial charge in [-0.3, -0.25) is 9.69 Å². The van der Waals surface area contributed by atoms with Crippen molar-refractivity contribution in [3.63, 3.8) is 0 Å². The summed E-state index contributed by atoms with van der Waals surface area (Å²) in [6, 6.07) is 13.5. The Morgan fingerprint density at radius 3 is 2.68 bits per heavy atom. The second-order valence-corrected chi connectivity index (χ2v) is 10.2. The van der Waals surface area contributed by atoms with E-state index in [9.17, 15) is 4.79 Å². The summed E-state index contributed by atoms with van der Waals surface area (Å²) in [5, 5.41) is 7.60. The molecule has 1 N–H and O–H groups in total. The summed E-state index contributed by atoms with van der Waals surface area (Å²) in [4.78, 5) is 19.6. The number of carbonyl (C=O) groups is 1. The molecule has 1 aliphatic rings. The van der Waals surface area contributed by atoms with Gasteiger partial charge in [0.05, 0.1) is 24.6 Å². The summed E-state index contributed by atoms with van der Waals surface area (Å²) >= 11 is 6.18. The van der Waals surface area contributed by atoms with Gasteiger partial charge in [0, 0.05) is 17.8 Å². The van der Waals surface area contributed by atoms with Gasteiger partial charge in [-0.25, -0.2) is 0 Å². The molecule has 2 aromatic carbocycles. The van der Waals surface area contributed by atoms with Crippen molar-refractivity contribution in [3.05, 3.63) is 58.9 Å². The van der Waals surface area contributed by atoms with Crippen LogP contribution in [-0.4, -0.2) is 41.1 Å². The van der Waals surface area contributed by atoms with Crippen LogP contribution in [0.1, 0.15) is 45.1 Å². The van der Waals surface area contributed by atoms with Crippen molar-refractivity contribution in [3.8, 4) is 17.1 Å². The van der Waals surface area contributed by atoms with Gasteiger partial charge in [0.25, 0.3) is 0 Å². The van der Waals surface area contributed by atoms with Crippen LogP contribution in [0.15, 0.2) is 47.0 Å². The second kappa shape index (κ2) is 10.2. The monoisotopic (exact) mass is 482 g/mol. The largest absolute Gasteiger partial charge is 0.495 e. The van der Waals surface area contributed by atoms with Crippen LogP contribution < -0.4 is 10.1 Å². The molecule has 4 rings (SSSR count). The quantitative estimate of drug-likeness (QED) is 0.496. The Morgan fingerprint density at radius 1 is 1.24 bits per heavy atom. The Bertz CT molecular complexity index is 1140. The Hall–Kier alpha value is -2.90. The molecular formula is C26H31ClN4O3. The molecular weight excluding hydrogens is 452 g/mol. The Morgan fingerprint density at radius 2 is 2.00 bits per heavy atom. The van der Waals surface area contributed by atoms with E-state index in [1.165, 1.54) is 5.56 Å². The molecule has 2 heterocycles. The fourth-order valence-electron chi connectivity index (χ4n) is 4.15. The maximum Gasteiger partial charge on any atom is 0.241 e. The molecule has 8 heteroatoms. The number of rotatable bonds is 6. The molecule has 0 bridgehead atoms. The van der Waals surface area contributed by atoms with Gasteiger partial charge in [0.15, 0.2) is 0 Å². The number of hydrogen-bond donors (Lipinski definition) is 1. The highest BCUT2D eigenvalue weighted by Crippen LogP contribution is 2.29. The van der Waals surface area contributed by atoms with Crippen LogP contribution in [0.25, 0.3) is 11.4 Å². The lowest BCUT2D eigenvalue weighted by Crippen LogP contribution is -2.40. The molecule has 1 atom stereocenters. The molecule has 0 aliphatic carbocycles. The zero-order valence-electron chi connectivity index (χ0n) is 20.1. The van der Waals surface area contributed by atoms with Crippen molar-refractivity contribution in [2.24, 2.45) is 5.92 Å². The average molecular weight is 483 g/mol. The smallest absolute Gasteiger partial charge is 0.241 e.